The number of nitrogens with one attached hydrogen (secondary N) is 3. The van der Waals surface area contributed by atoms with Crippen LogP contribution in [0.2, 0.25) is 0 Å². The van der Waals surface area contributed by atoms with E-state index in [1.54, 1.807) is 6.07 Å². The van der Waals surface area contributed by atoms with E-state index in [0.29, 0.717) is 30.0 Å². The number of rotatable bonds is 11. The average Bonchev–Trinajstić information content (AvgIpc) is 3.54. The summed E-state index contributed by atoms with van der Waals surface area (Å²) in [5.41, 5.74) is 0.994. The maximum atomic E-state index is 13.8. The monoisotopic (exact) mass is 535 g/mol. The molecular weight excluding hydrogens is 504 g/mol. The highest BCUT2D eigenvalue weighted by atomic mass is 19.2. The van der Waals surface area contributed by atoms with Crippen molar-refractivity contribution >= 4 is 34.1 Å². The van der Waals surface area contributed by atoms with Crippen molar-refractivity contribution in [2.75, 3.05) is 30.3 Å². The number of fused-ring (bicyclic) bond motifs is 1. The van der Waals surface area contributed by atoms with E-state index < -0.39 is 17.5 Å². The number of carbonyl (C=O) groups excluding carboxylic acids is 1. The lowest BCUT2D eigenvalue weighted by atomic mass is 10.2. The molecule has 9 nitrogen and oxygen atoms in total. The number of benzene rings is 2. The summed E-state index contributed by atoms with van der Waals surface area (Å²) in [7, 11) is 0. The van der Waals surface area contributed by atoms with Gasteiger partial charge in [0.2, 0.25) is 5.91 Å². The number of aromatic amines is 1. The number of nitrogens with zero attached hydrogens (tertiary/aromatic N) is 4. The molecule has 39 heavy (non-hydrogen) atoms. The number of ether oxygens (including phenoxy) is 1. The number of H-pyrrole nitrogens is 1. The van der Waals surface area contributed by atoms with Crippen molar-refractivity contribution in [2.24, 2.45) is 0 Å². The number of carbonyl (C=O) groups is 1. The van der Waals surface area contributed by atoms with E-state index in [1.165, 1.54) is 37.8 Å². The van der Waals surface area contributed by atoms with E-state index in [4.69, 9.17) is 4.74 Å². The van der Waals surface area contributed by atoms with Crippen molar-refractivity contribution < 1.29 is 18.3 Å². The number of amides is 1. The van der Waals surface area contributed by atoms with Gasteiger partial charge in [0.05, 0.1) is 24.2 Å². The highest BCUT2D eigenvalue weighted by molar-refractivity contribution is 5.93. The maximum Gasteiger partial charge on any atom is 0.230 e. The van der Waals surface area contributed by atoms with Crippen LogP contribution in [0, 0.1) is 11.6 Å². The summed E-state index contributed by atoms with van der Waals surface area (Å²) in [6.07, 6.45) is 6.06. The summed E-state index contributed by atoms with van der Waals surface area (Å²) in [5.74, 6) is -0.892. The molecule has 2 aromatic carbocycles. The molecule has 1 aliphatic rings. The zero-order valence-corrected chi connectivity index (χ0v) is 21.7. The molecule has 11 heteroatoms. The normalized spacial score (nSPS) is 15.5. The first-order valence-electron chi connectivity index (χ1n) is 13.1. The molecule has 0 aliphatic carbocycles. The van der Waals surface area contributed by atoms with Crippen LogP contribution in [0.15, 0.2) is 48.8 Å². The summed E-state index contributed by atoms with van der Waals surface area (Å²) in [6.45, 7) is 5.28. The van der Waals surface area contributed by atoms with Gasteiger partial charge in [-0.15, -0.1) is 0 Å². The van der Waals surface area contributed by atoms with Crippen molar-refractivity contribution in [3.8, 4) is 5.75 Å². The molecule has 1 saturated heterocycles. The fourth-order valence-corrected chi connectivity index (χ4v) is 4.76. The number of aromatic nitrogens is 4. The fourth-order valence-electron chi connectivity index (χ4n) is 4.76. The Morgan fingerprint density at radius 1 is 1.18 bits per heavy atom. The molecule has 1 atom stereocenters. The Labute approximate surface area is 225 Å². The van der Waals surface area contributed by atoms with Crippen molar-refractivity contribution in [3.05, 3.63) is 66.1 Å². The molecule has 0 bridgehead atoms. The van der Waals surface area contributed by atoms with E-state index in [1.807, 2.05) is 18.2 Å². The first kappa shape index (κ1) is 26.5. The van der Waals surface area contributed by atoms with Gasteiger partial charge in [-0.1, -0.05) is 6.07 Å². The maximum absolute atomic E-state index is 13.8. The fraction of sp³-hybridized carbons (Fsp3) is 0.357. The minimum Gasteiger partial charge on any atom is -0.494 e. The van der Waals surface area contributed by atoms with E-state index in [9.17, 15) is 13.6 Å². The van der Waals surface area contributed by atoms with Crippen LogP contribution < -0.4 is 15.4 Å². The number of likely N-dealkylation sites (tertiary alicyclic amines) is 1. The standard InChI is InChI=1S/C28H31F2N7O2/c1-18-6-5-12-37(18)11-2-3-13-39-20-9-10-21-24(16-20)31-17-32-28(21)34-25-14-19(35-36-25)15-26(38)33-23-8-4-7-22(29)27(23)30/h4,7-10,14,16-18H,2-3,5-6,11-13,15H2,1H3,(H,33,38)(H2,31,32,34,35,36)/t18-/m0/s1. The van der Waals surface area contributed by atoms with Crippen molar-refractivity contribution in [3.63, 3.8) is 0 Å². The van der Waals surface area contributed by atoms with Gasteiger partial charge >= 0.3 is 0 Å². The predicted molar refractivity (Wildman–Crippen MR) is 145 cm³/mol. The van der Waals surface area contributed by atoms with Crippen LogP contribution in [-0.4, -0.2) is 56.7 Å². The third-order valence-corrected chi connectivity index (χ3v) is 6.86. The molecule has 1 amide bonds. The predicted octanol–water partition coefficient (Wildman–Crippen LogP) is 5.20. The van der Waals surface area contributed by atoms with Gasteiger partial charge < -0.3 is 20.3 Å². The number of halogens is 2. The van der Waals surface area contributed by atoms with E-state index in [-0.39, 0.29) is 12.1 Å². The molecule has 0 unspecified atom stereocenters. The molecule has 1 aliphatic heterocycles. The molecule has 5 rings (SSSR count). The minimum absolute atomic E-state index is 0.104. The lowest BCUT2D eigenvalue weighted by Gasteiger charge is -2.20. The van der Waals surface area contributed by atoms with Crippen LogP contribution in [0.3, 0.4) is 0 Å². The van der Waals surface area contributed by atoms with Crippen LogP contribution in [0.1, 0.15) is 38.3 Å². The smallest absolute Gasteiger partial charge is 0.230 e. The Morgan fingerprint density at radius 2 is 2.08 bits per heavy atom. The van der Waals surface area contributed by atoms with Crippen LogP contribution in [-0.2, 0) is 11.2 Å². The zero-order chi connectivity index (χ0) is 27.2. The van der Waals surface area contributed by atoms with Crippen LogP contribution in [0.25, 0.3) is 10.9 Å². The van der Waals surface area contributed by atoms with E-state index in [0.717, 1.165) is 42.1 Å². The first-order chi connectivity index (χ1) is 19.0. The molecule has 1 fully saturated rings. The molecule has 4 aromatic rings. The topological polar surface area (TPSA) is 108 Å². The lowest BCUT2D eigenvalue weighted by Crippen LogP contribution is -2.28. The second-order valence-corrected chi connectivity index (χ2v) is 9.71. The summed E-state index contributed by atoms with van der Waals surface area (Å²) in [5, 5.41) is 13.2. The Hall–Kier alpha value is -4.12. The molecule has 204 valence electrons. The molecular formula is C28H31F2N7O2. The van der Waals surface area contributed by atoms with Gasteiger partial charge in [-0.25, -0.2) is 18.7 Å². The average molecular weight is 536 g/mol. The highest BCUT2D eigenvalue weighted by Gasteiger charge is 2.19. The summed E-state index contributed by atoms with van der Waals surface area (Å²) in [6, 6.07) is 11.6. The van der Waals surface area contributed by atoms with Crippen LogP contribution >= 0.6 is 0 Å². The van der Waals surface area contributed by atoms with Gasteiger partial charge in [0.25, 0.3) is 0 Å². The van der Waals surface area contributed by atoms with Crippen molar-refractivity contribution in [2.45, 2.75) is 45.1 Å². The molecule has 3 heterocycles. The largest absolute Gasteiger partial charge is 0.494 e. The lowest BCUT2D eigenvalue weighted by molar-refractivity contribution is -0.115. The van der Waals surface area contributed by atoms with Gasteiger partial charge in [-0.05, 0) is 70.0 Å². The molecule has 2 aromatic heterocycles. The van der Waals surface area contributed by atoms with E-state index >= 15 is 0 Å². The summed E-state index contributed by atoms with van der Waals surface area (Å²) in [4.78, 5) is 23.5. The Balaban J connectivity index is 1.15. The molecule has 3 N–H and O–H groups in total. The number of anilines is 3. The van der Waals surface area contributed by atoms with Gasteiger partial charge in [0.1, 0.15) is 17.9 Å². The zero-order valence-electron chi connectivity index (χ0n) is 21.7. The number of unbranched alkanes of at least 4 members (excludes halogenated alkanes) is 1. The van der Waals surface area contributed by atoms with E-state index in [2.05, 4.69) is 42.6 Å². The Bertz CT molecular complexity index is 1440. The quantitative estimate of drug-likeness (QED) is 0.227. The van der Waals surface area contributed by atoms with Gasteiger partial charge in [0, 0.05) is 29.3 Å². The van der Waals surface area contributed by atoms with Crippen LogP contribution in [0.4, 0.5) is 26.1 Å². The van der Waals surface area contributed by atoms with Crippen molar-refractivity contribution in [1.29, 1.82) is 0 Å². The Kier molecular flexibility index (Phi) is 8.26. The second-order valence-electron chi connectivity index (χ2n) is 9.71. The molecule has 0 radical (unpaired) electrons. The highest BCUT2D eigenvalue weighted by Crippen LogP contribution is 2.26. The van der Waals surface area contributed by atoms with Gasteiger partial charge in [0.15, 0.2) is 17.5 Å². The third-order valence-electron chi connectivity index (χ3n) is 6.86. The number of hydrogen-bond acceptors (Lipinski definition) is 7. The SMILES string of the molecule is C[C@H]1CCCN1CCCCOc1ccc2c(Nc3cc(CC(=O)Nc4cccc(F)c4F)[nH]n3)ncnc2c1. The van der Waals surface area contributed by atoms with Crippen LogP contribution in [0.5, 0.6) is 5.75 Å². The Morgan fingerprint density at radius 3 is 2.92 bits per heavy atom. The summed E-state index contributed by atoms with van der Waals surface area (Å²) >= 11 is 0. The number of hydrogen-bond donors (Lipinski definition) is 3. The third kappa shape index (κ3) is 6.66. The first-order valence-corrected chi connectivity index (χ1v) is 13.1. The van der Waals surface area contributed by atoms with Gasteiger partial charge in [-0.3, -0.25) is 9.89 Å². The summed E-state index contributed by atoms with van der Waals surface area (Å²) < 4.78 is 33.2. The van der Waals surface area contributed by atoms with Crippen molar-refractivity contribution in [1.82, 2.24) is 25.1 Å². The molecule has 0 spiro atoms. The molecule has 0 saturated carbocycles. The minimum atomic E-state index is -1.10. The van der Waals surface area contributed by atoms with Gasteiger partial charge in [-0.2, -0.15) is 5.10 Å². The second kappa shape index (κ2) is 12.2.